The fourth-order valence-electron chi connectivity index (χ4n) is 1.84. The predicted octanol–water partition coefficient (Wildman–Crippen LogP) is 3.29. The van der Waals surface area contributed by atoms with E-state index in [1.807, 2.05) is 31.9 Å². The number of halogens is 1. The third-order valence-electron chi connectivity index (χ3n) is 3.59. The summed E-state index contributed by atoms with van der Waals surface area (Å²) in [6.45, 7) is 10.2. The molecule has 1 aromatic carbocycles. The smallest absolute Gasteiger partial charge is 0.0658 e. The number of aliphatic hydroxyl groups is 1. The van der Waals surface area contributed by atoms with Gasteiger partial charge in [-0.25, -0.2) is 0 Å². The van der Waals surface area contributed by atoms with E-state index in [4.69, 9.17) is 11.6 Å². The van der Waals surface area contributed by atoms with Crippen molar-refractivity contribution in [2.45, 2.75) is 39.8 Å². The number of hydrogen-bond donors (Lipinski definition) is 2. The topological polar surface area (TPSA) is 35.5 Å². The Morgan fingerprint density at radius 2 is 2.00 bits per heavy atom. The van der Waals surface area contributed by atoms with E-state index < -0.39 is 0 Å². The largest absolute Gasteiger partial charge is 0.394 e. The number of anilines is 1. The van der Waals surface area contributed by atoms with E-state index in [9.17, 15) is 5.11 Å². The Morgan fingerprint density at radius 1 is 1.35 bits per heavy atom. The summed E-state index contributed by atoms with van der Waals surface area (Å²) in [5, 5.41) is 13.6. The number of aliphatic hydroxyl groups excluding tert-OH is 1. The van der Waals surface area contributed by atoms with Gasteiger partial charge in [0.05, 0.1) is 12.1 Å². The van der Waals surface area contributed by atoms with Gasteiger partial charge in [-0.15, -0.1) is 0 Å². The third-order valence-corrected chi connectivity index (χ3v) is 3.94. The fraction of sp³-hybridized carbons (Fsp3) is 0.625. The number of likely N-dealkylation sites (N-methyl/N-ethyl adjacent to an activating group) is 1. The molecular weight excluding hydrogens is 272 g/mol. The van der Waals surface area contributed by atoms with Gasteiger partial charge >= 0.3 is 0 Å². The first kappa shape index (κ1) is 17.3. The molecule has 0 aromatic heterocycles. The van der Waals surface area contributed by atoms with Crippen LogP contribution in [0.5, 0.6) is 0 Å². The average molecular weight is 299 g/mol. The number of nitrogens with zero attached hydrogens (tertiary/aromatic N) is 1. The lowest BCUT2D eigenvalue weighted by atomic mass is 10.0. The minimum atomic E-state index is -0.305. The van der Waals surface area contributed by atoms with Gasteiger partial charge in [0.2, 0.25) is 0 Å². The van der Waals surface area contributed by atoms with E-state index >= 15 is 0 Å². The van der Waals surface area contributed by atoms with Gasteiger partial charge in [-0.1, -0.05) is 31.5 Å². The normalized spacial score (nSPS) is 12.0. The van der Waals surface area contributed by atoms with Crippen LogP contribution in [0, 0.1) is 5.92 Å². The molecule has 0 amide bonds. The first-order chi connectivity index (χ1) is 9.27. The molecule has 20 heavy (non-hydrogen) atoms. The van der Waals surface area contributed by atoms with E-state index in [2.05, 4.69) is 31.3 Å². The Kier molecular flexibility index (Phi) is 6.31. The summed E-state index contributed by atoms with van der Waals surface area (Å²) in [4.78, 5) is 2.05. The van der Waals surface area contributed by atoms with Gasteiger partial charge in [0.1, 0.15) is 0 Å². The van der Waals surface area contributed by atoms with E-state index in [-0.39, 0.29) is 12.1 Å². The molecule has 0 aliphatic rings. The minimum absolute atomic E-state index is 0.0960. The lowest BCUT2D eigenvalue weighted by Crippen LogP contribution is -2.44. The second kappa shape index (κ2) is 7.30. The summed E-state index contributed by atoms with van der Waals surface area (Å²) in [5.41, 5.74) is 1.81. The number of hydrogen-bond acceptors (Lipinski definition) is 3. The molecular formula is C16H27ClN2O. The van der Waals surface area contributed by atoms with Crippen LogP contribution in [0.15, 0.2) is 18.2 Å². The van der Waals surface area contributed by atoms with Crippen LogP contribution < -0.4 is 10.2 Å². The summed E-state index contributed by atoms with van der Waals surface area (Å²) < 4.78 is 0. The second-order valence-corrected chi connectivity index (χ2v) is 6.74. The summed E-state index contributed by atoms with van der Waals surface area (Å²) in [5.74, 6) is 0.629. The standard InChI is InChI=1S/C16H27ClN2O/c1-12(2)9-18-10-13-6-7-14(8-15(13)17)19(5)16(3,4)11-20/h6-8,12,18,20H,9-11H2,1-5H3. The lowest BCUT2D eigenvalue weighted by molar-refractivity contribution is 0.216. The summed E-state index contributed by atoms with van der Waals surface area (Å²) in [7, 11) is 1.97. The molecule has 0 bridgehead atoms. The molecule has 0 saturated carbocycles. The van der Waals surface area contributed by atoms with Crippen molar-refractivity contribution in [3.8, 4) is 0 Å². The second-order valence-electron chi connectivity index (χ2n) is 6.33. The van der Waals surface area contributed by atoms with Gasteiger partial charge in [-0.3, -0.25) is 0 Å². The molecule has 2 N–H and O–H groups in total. The summed E-state index contributed by atoms with van der Waals surface area (Å²) in [6.07, 6.45) is 0. The van der Waals surface area contributed by atoms with Crippen molar-refractivity contribution in [2.24, 2.45) is 5.92 Å². The highest BCUT2D eigenvalue weighted by Gasteiger charge is 2.23. The number of nitrogens with one attached hydrogen (secondary N) is 1. The SMILES string of the molecule is CC(C)CNCc1ccc(N(C)C(C)(C)CO)cc1Cl. The quantitative estimate of drug-likeness (QED) is 0.811. The van der Waals surface area contributed by atoms with Crippen LogP contribution in [0.2, 0.25) is 5.02 Å². The van der Waals surface area contributed by atoms with Gasteiger partial charge in [-0.2, -0.15) is 0 Å². The van der Waals surface area contributed by atoms with E-state index in [0.29, 0.717) is 5.92 Å². The van der Waals surface area contributed by atoms with Crippen molar-refractivity contribution in [2.75, 3.05) is 25.1 Å². The van der Waals surface area contributed by atoms with Crippen LogP contribution in [-0.2, 0) is 6.54 Å². The Balaban J connectivity index is 2.77. The highest BCUT2D eigenvalue weighted by atomic mass is 35.5. The number of benzene rings is 1. The van der Waals surface area contributed by atoms with Crippen molar-refractivity contribution in [3.63, 3.8) is 0 Å². The zero-order valence-corrected chi connectivity index (χ0v) is 14.0. The van der Waals surface area contributed by atoms with Crippen LogP contribution >= 0.6 is 11.6 Å². The third kappa shape index (κ3) is 4.65. The van der Waals surface area contributed by atoms with Crippen molar-refractivity contribution >= 4 is 17.3 Å². The molecule has 114 valence electrons. The van der Waals surface area contributed by atoms with Crippen LogP contribution in [0.25, 0.3) is 0 Å². The van der Waals surface area contributed by atoms with Crippen molar-refractivity contribution in [1.82, 2.24) is 5.32 Å². The van der Waals surface area contributed by atoms with Crippen LogP contribution in [0.1, 0.15) is 33.3 Å². The van der Waals surface area contributed by atoms with Gasteiger partial charge in [0, 0.05) is 24.3 Å². The monoisotopic (exact) mass is 298 g/mol. The molecule has 4 heteroatoms. The Hall–Kier alpha value is -0.770. The maximum atomic E-state index is 9.43. The molecule has 0 spiro atoms. The molecule has 0 heterocycles. The van der Waals surface area contributed by atoms with Gasteiger partial charge in [0.15, 0.2) is 0 Å². The van der Waals surface area contributed by atoms with Crippen molar-refractivity contribution in [1.29, 1.82) is 0 Å². The zero-order valence-electron chi connectivity index (χ0n) is 13.2. The molecule has 3 nitrogen and oxygen atoms in total. The zero-order chi connectivity index (χ0) is 15.3. The highest BCUT2D eigenvalue weighted by molar-refractivity contribution is 6.31. The van der Waals surface area contributed by atoms with Crippen LogP contribution in [-0.4, -0.2) is 30.8 Å². The molecule has 0 saturated heterocycles. The van der Waals surface area contributed by atoms with Gasteiger partial charge in [-0.05, 0) is 44.0 Å². The molecule has 1 rings (SSSR count). The van der Waals surface area contributed by atoms with Crippen LogP contribution in [0.4, 0.5) is 5.69 Å². The maximum absolute atomic E-state index is 9.43. The highest BCUT2D eigenvalue weighted by Crippen LogP contribution is 2.27. The Bertz CT molecular complexity index is 432. The maximum Gasteiger partial charge on any atom is 0.0658 e. The van der Waals surface area contributed by atoms with Crippen molar-refractivity contribution in [3.05, 3.63) is 28.8 Å². The lowest BCUT2D eigenvalue weighted by Gasteiger charge is -2.36. The molecule has 1 aromatic rings. The van der Waals surface area contributed by atoms with Crippen molar-refractivity contribution < 1.29 is 5.11 Å². The van der Waals surface area contributed by atoms with Crippen LogP contribution in [0.3, 0.4) is 0 Å². The Labute approximate surface area is 127 Å². The predicted molar refractivity (Wildman–Crippen MR) is 87.6 cm³/mol. The molecule has 0 aliphatic carbocycles. The minimum Gasteiger partial charge on any atom is -0.394 e. The van der Waals surface area contributed by atoms with E-state index in [1.165, 1.54) is 0 Å². The van der Waals surface area contributed by atoms with E-state index in [1.54, 1.807) is 0 Å². The van der Waals surface area contributed by atoms with Gasteiger partial charge < -0.3 is 15.3 Å². The first-order valence-corrected chi connectivity index (χ1v) is 7.49. The fourth-order valence-corrected chi connectivity index (χ4v) is 2.08. The average Bonchev–Trinajstić information content (AvgIpc) is 2.39. The summed E-state index contributed by atoms with van der Waals surface area (Å²) in [6, 6.07) is 6.07. The molecule has 0 fully saturated rings. The first-order valence-electron chi connectivity index (χ1n) is 7.11. The molecule has 0 atom stereocenters. The Morgan fingerprint density at radius 3 is 2.50 bits per heavy atom. The number of rotatable bonds is 7. The molecule has 0 aliphatic heterocycles. The van der Waals surface area contributed by atoms with Gasteiger partial charge in [0.25, 0.3) is 0 Å². The molecule has 0 unspecified atom stereocenters. The summed E-state index contributed by atoms with van der Waals surface area (Å²) >= 11 is 6.35. The van der Waals surface area contributed by atoms with E-state index in [0.717, 1.165) is 29.4 Å². The molecule has 0 radical (unpaired) electrons.